The van der Waals surface area contributed by atoms with Gasteiger partial charge in [-0.3, -0.25) is 4.79 Å². The van der Waals surface area contributed by atoms with Crippen LogP contribution in [0.25, 0.3) is 11.6 Å². The summed E-state index contributed by atoms with van der Waals surface area (Å²) < 4.78 is 32.6. The number of carbonyl (C=O) groups excluding carboxylic acids is 1. The Hall–Kier alpha value is -4.23. The Kier molecular flexibility index (Phi) is 6.87. The topological polar surface area (TPSA) is 96.8 Å². The maximum absolute atomic E-state index is 13.5. The predicted octanol–water partition coefficient (Wildman–Crippen LogP) is 6.05. The zero-order chi connectivity index (χ0) is 26.9. The van der Waals surface area contributed by atoms with E-state index >= 15 is 0 Å². The van der Waals surface area contributed by atoms with Crippen molar-refractivity contribution in [3.8, 4) is 5.75 Å². The van der Waals surface area contributed by atoms with Crippen molar-refractivity contribution in [2.75, 3.05) is 0 Å². The van der Waals surface area contributed by atoms with Gasteiger partial charge in [-0.05, 0) is 61.4 Å². The SMILES string of the molecule is Cc1cc([S+](c2ccccc2)c2ccccc2)cc(C)c1OS(=O)(=O)c1cccc2c1C=CC(=[N+]=[N-])C2=O. The van der Waals surface area contributed by atoms with E-state index in [1.165, 1.54) is 30.4 Å². The molecule has 4 aromatic carbocycles. The quantitative estimate of drug-likeness (QED) is 0.129. The summed E-state index contributed by atoms with van der Waals surface area (Å²) in [6, 6.07) is 28.7. The molecule has 4 aromatic rings. The highest BCUT2D eigenvalue weighted by atomic mass is 32.2. The van der Waals surface area contributed by atoms with Gasteiger partial charge >= 0.3 is 15.8 Å². The number of hydrogen-bond donors (Lipinski definition) is 0. The molecule has 1 aliphatic rings. The van der Waals surface area contributed by atoms with Gasteiger partial charge in [-0.1, -0.05) is 48.5 Å². The van der Waals surface area contributed by atoms with Crippen molar-refractivity contribution in [3.63, 3.8) is 0 Å². The molecule has 8 heteroatoms. The number of ketones is 1. The van der Waals surface area contributed by atoms with E-state index in [0.29, 0.717) is 11.1 Å². The molecule has 5 rings (SSSR count). The van der Waals surface area contributed by atoms with E-state index in [-0.39, 0.29) is 27.5 Å². The molecule has 0 N–H and O–H groups in total. The summed E-state index contributed by atoms with van der Waals surface area (Å²) in [5.74, 6) is -0.313. The highest BCUT2D eigenvalue weighted by Gasteiger charge is 2.33. The second-order valence-corrected chi connectivity index (χ2v) is 12.3. The number of Topliss-reactive ketones (excluding diaryl/α,β-unsaturated/α-hetero) is 1. The molecule has 0 bridgehead atoms. The highest BCUT2D eigenvalue weighted by Crippen LogP contribution is 2.37. The normalized spacial score (nSPS) is 12.8. The van der Waals surface area contributed by atoms with E-state index < -0.39 is 26.8 Å². The maximum Gasteiger partial charge on any atom is 0.362 e. The summed E-state index contributed by atoms with van der Waals surface area (Å²) in [6.45, 7) is 3.65. The third-order valence-electron chi connectivity index (χ3n) is 6.15. The fourth-order valence-electron chi connectivity index (χ4n) is 4.42. The summed E-state index contributed by atoms with van der Waals surface area (Å²) in [6.07, 6.45) is 2.72. The molecule has 0 saturated carbocycles. The van der Waals surface area contributed by atoms with Crippen molar-refractivity contribution in [2.45, 2.75) is 33.4 Å². The second-order valence-electron chi connectivity index (χ2n) is 8.72. The van der Waals surface area contributed by atoms with Gasteiger partial charge in [0.05, 0.1) is 10.9 Å². The van der Waals surface area contributed by atoms with Crippen molar-refractivity contribution in [2.24, 2.45) is 0 Å². The fourth-order valence-corrected chi connectivity index (χ4v) is 7.95. The molecule has 0 unspecified atom stereocenters. The number of fused-ring (bicyclic) bond motifs is 1. The third-order valence-corrected chi connectivity index (χ3v) is 9.62. The van der Waals surface area contributed by atoms with Crippen LogP contribution >= 0.6 is 0 Å². The van der Waals surface area contributed by atoms with Gasteiger partial charge in [0.1, 0.15) is 10.6 Å². The molecule has 0 atom stereocenters. The standard InChI is InChI=1S/C30H23N2O4S2/c1-20-18-24(37(22-10-5-3-6-11-22)23-12-7-4-8-13-23)19-21(2)30(20)36-38(34,35)28-15-9-14-26-25(28)16-17-27(32-31)29(26)33/h3-19H,1-2H3/q+1. The van der Waals surface area contributed by atoms with Gasteiger partial charge < -0.3 is 9.71 Å². The molecule has 0 aromatic heterocycles. The monoisotopic (exact) mass is 539 g/mol. The number of benzene rings is 4. The summed E-state index contributed by atoms with van der Waals surface area (Å²) >= 11 is 0. The molecule has 0 amide bonds. The summed E-state index contributed by atoms with van der Waals surface area (Å²) in [5, 5.41) is 0. The van der Waals surface area contributed by atoms with Crippen LogP contribution in [0.5, 0.6) is 5.75 Å². The Bertz CT molecular complexity index is 1680. The van der Waals surface area contributed by atoms with Crippen LogP contribution in [-0.2, 0) is 21.0 Å². The van der Waals surface area contributed by atoms with Gasteiger partial charge in [0.15, 0.2) is 14.7 Å². The number of rotatable bonds is 6. The van der Waals surface area contributed by atoms with E-state index in [1.54, 1.807) is 0 Å². The molecule has 38 heavy (non-hydrogen) atoms. The first-order valence-electron chi connectivity index (χ1n) is 11.8. The lowest BCUT2D eigenvalue weighted by Gasteiger charge is -2.16. The Morgan fingerprint density at radius 1 is 0.763 bits per heavy atom. The molecule has 1 aliphatic carbocycles. The van der Waals surface area contributed by atoms with Crippen LogP contribution in [0.1, 0.15) is 27.0 Å². The molecule has 0 heterocycles. The Morgan fingerprint density at radius 2 is 1.34 bits per heavy atom. The van der Waals surface area contributed by atoms with Crippen LogP contribution in [-0.4, -0.2) is 24.7 Å². The zero-order valence-electron chi connectivity index (χ0n) is 20.7. The van der Waals surface area contributed by atoms with Crippen LogP contribution in [0, 0.1) is 13.8 Å². The first-order chi connectivity index (χ1) is 18.3. The van der Waals surface area contributed by atoms with Gasteiger partial charge in [0.25, 0.3) is 5.78 Å². The molecule has 0 aliphatic heterocycles. The number of carbonyl (C=O) groups is 1. The van der Waals surface area contributed by atoms with Crippen molar-refractivity contribution < 1.29 is 22.2 Å². The van der Waals surface area contributed by atoms with Gasteiger partial charge in [0, 0.05) is 29.3 Å². The lowest BCUT2D eigenvalue weighted by molar-refractivity contribution is -0.00436. The van der Waals surface area contributed by atoms with E-state index in [0.717, 1.165) is 14.7 Å². The highest BCUT2D eigenvalue weighted by molar-refractivity contribution is 7.97. The molecule has 6 nitrogen and oxygen atoms in total. The van der Waals surface area contributed by atoms with Crippen LogP contribution in [0.2, 0.25) is 0 Å². The minimum atomic E-state index is -4.29. The first-order valence-corrected chi connectivity index (χ1v) is 14.4. The van der Waals surface area contributed by atoms with Crippen LogP contribution < -0.4 is 4.18 Å². The Balaban J connectivity index is 1.55. The van der Waals surface area contributed by atoms with Gasteiger partial charge in [-0.2, -0.15) is 13.2 Å². The predicted molar refractivity (Wildman–Crippen MR) is 147 cm³/mol. The smallest absolute Gasteiger partial charge is 0.362 e. The Labute approximate surface area is 224 Å². The number of aryl methyl sites for hydroxylation is 2. The van der Waals surface area contributed by atoms with Crippen LogP contribution in [0.4, 0.5) is 0 Å². The average molecular weight is 540 g/mol. The zero-order valence-corrected chi connectivity index (χ0v) is 22.3. The average Bonchev–Trinajstić information content (AvgIpc) is 2.92. The summed E-state index contributed by atoms with van der Waals surface area (Å²) in [4.78, 5) is 18.7. The number of allylic oxidation sites excluding steroid dienone is 1. The third kappa shape index (κ3) is 4.73. The van der Waals surface area contributed by atoms with E-state index in [9.17, 15) is 13.2 Å². The van der Waals surface area contributed by atoms with Crippen molar-refractivity contribution in [3.05, 3.63) is 125 Å². The molecule has 0 spiro atoms. The molecule has 0 saturated heterocycles. The minimum absolute atomic E-state index is 0.128. The molecule has 0 fully saturated rings. The van der Waals surface area contributed by atoms with E-state index in [4.69, 9.17) is 9.71 Å². The lowest BCUT2D eigenvalue weighted by Crippen LogP contribution is -2.21. The van der Waals surface area contributed by atoms with Gasteiger partial charge in [0.2, 0.25) is 0 Å². The molecular formula is C30H23N2O4S2+. The van der Waals surface area contributed by atoms with E-state index in [2.05, 4.69) is 29.1 Å². The largest absolute Gasteiger partial charge is 0.378 e. The second kappa shape index (κ2) is 10.3. The fraction of sp³-hybridized carbons (Fsp3) is 0.0667. The van der Waals surface area contributed by atoms with Crippen LogP contribution in [0.15, 0.2) is 117 Å². The lowest BCUT2D eigenvalue weighted by atomic mass is 9.95. The van der Waals surface area contributed by atoms with Gasteiger partial charge in [-0.15, -0.1) is 0 Å². The molecule has 188 valence electrons. The number of hydrogen-bond acceptors (Lipinski definition) is 4. The Morgan fingerprint density at radius 3 is 1.89 bits per heavy atom. The van der Waals surface area contributed by atoms with Crippen molar-refractivity contribution >= 4 is 38.6 Å². The van der Waals surface area contributed by atoms with Crippen molar-refractivity contribution in [1.29, 1.82) is 0 Å². The molecular weight excluding hydrogens is 516 g/mol. The van der Waals surface area contributed by atoms with Gasteiger partial charge in [-0.25, -0.2) is 0 Å². The summed E-state index contributed by atoms with van der Waals surface area (Å²) in [5.41, 5.74) is 10.6. The van der Waals surface area contributed by atoms with Crippen molar-refractivity contribution in [1.82, 2.24) is 0 Å². The summed E-state index contributed by atoms with van der Waals surface area (Å²) in [7, 11) is -4.68. The minimum Gasteiger partial charge on any atom is -0.378 e. The molecule has 0 radical (unpaired) electrons. The van der Waals surface area contributed by atoms with E-state index in [1.807, 2.05) is 62.4 Å². The van der Waals surface area contributed by atoms with Crippen LogP contribution in [0.3, 0.4) is 0 Å². The maximum atomic E-state index is 13.5. The first kappa shape index (κ1) is 25.4. The number of nitrogens with zero attached hydrogens (tertiary/aromatic N) is 2.